The van der Waals surface area contributed by atoms with Crippen LogP contribution in [0.25, 0.3) is 0 Å². The number of ether oxygens (including phenoxy) is 1. The van der Waals surface area contributed by atoms with E-state index in [0.29, 0.717) is 32.5 Å². The molecule has 0 amide bonds. The van der Waals surface area contributed by atoms with Gasteiger partial charge in [0.25, 0.3) is 0 Å². The monoisotopic (exact) mass is 210 g/mol. The molecule has 1 aliphatic rings. The van der Waals surface area contributed by atoms with Crippen LogP contribution >= 0.6 is 0 Å². The topological polar surface area (TPSA) is 29.5 Å². The molecule has 0 radical (unpaired) electrons. The smallest absolute Gasteiger partial charge is 0.119 e. The van der Waals surface area contributed by atoms with Crippen LogP contribution in [0.1, 0.15) is 18.4 Å². The molecule has 0 aromatic heterocycles. The van der Waals surface area contributed by atoms with Crippen LogP contribution < -0.4 is 0 Å². The van der Waals surface area contributed by atoms with Crippen molar-refractivity contribution in [3.05, 3.63) is 29.8 Å². The number of rotatable bonds is 2. The van der Waals surface area contributed by atoms with Crippen molar-refractivity contribution in [1.82, 2.24) is 0 Å². The van der Waals surface area contributed by atoms with E-state index in [-0.39, 0.29) is 5.75 Å². The maximum atomic E-state index is 14.2. The van der Waals surface area contributed by atoms with Gasteiger partial charge < -0.3 is 9.84 Å². The van der Waals surface area contributed by atoms with Crippen molar-refractivity contribution >= 4 is 0 Å². The van der Waals surface area contributed by atoms with Crippen LogP contribution in [0.4, 0.5) is 4.39 Å². The fourth-order valence-electron chi connectivity index (χ4n) is 1.95. The van der Waals surface area contributed by atoms with Crippen molar-refractivity contribution < 1.29 is 14.2 Å². The van der Waals surface area contributed by atoms with Crippen molar-refractivity contribution in [3.8, 4) is 5.75 Å². The molecule has 1 heterocycles. The summed E-state index contributed by atoms with van der Waals surface area (Å²) in [4.78, 5) is 0. The molecule has 1 aliphatic heterocycles. The predicted octanol–water partition coefficient (Wildman–Crippen LogP) is 2.45. The van der Waals surface area contributed by atoms with Crippen LogP contribution in [0.15, 0.2) is 24.3 Å². The Labute approximate surface area is 88.7 Å². The minimum Gasteiger partial charge on any atom is -0.508 e. The van der Waals surface area contributed by atoms with E-state index in [1.54, 1.807) is 18.2 Å². The number of hydrogen-bond donors (Lipinski definition) is 1. The first kappa shape index (κ1) is 10.4. The van der Waals surface area contributed by atoms with E-state index in [4.69, 9.17) is 4.74 Å². The number of halogens is 1. The summed E-state index contributed by atoms with van der Waals surface area (Å²) in [6, 6.07) is 6.80. The fraction of sp³-hybridized carbons (Fsp3) is 0.500. The van der Waals surface area contributed by atoms with E-state index >= 15 is 0 Å². The summed E-state index contributed by atoms with van der Waals surface area (Å²) in [7, 11) is 0. The highest BCUT2D eigenvalue weighted by Crippen LogP contribution is 2.30. The predicted molar refractivity (Wildman–Crippen MR) is 55.7 cm³/mol. The molecule has 0 atom stereocenters. The molecule has 1 aromatic carbocycles. The van der Waals surface area contributed by atoms with Gasteiger partial charge in [0.15, 0.2) is 0 Å². The Hall–Kier alpha value is -1.09. The summed E-state index contributed by atoms with van der Waals surface area (Å²) in [6.45, 7) is 0.991. The van der Waals surface area contributed by atoms with Gasteiger partial charge in [0.05, 0.1) is 0 Å². The SMILES string of the molecule is Oc1cccc(CC2(F)CCOCC2)c1. The lowest BCUT2D eigenvalue weighted by Crippen LogP contribution is -2.33. The molecule has 1 N–H and O–H groups in total. The average Bonchev–Trinajstić information content (AvgIpc) is 2.18. The van der Waals surface area contributed by atoms with Crippen LogP contribution in [0.5, 0.6) is 5.75 Å². The van der Waals surface area contributed by atoms with Gasteiger partial charge in [-0.3, -0.25) is 0 Å². The largest absolute Gasteiger partial charge is 0.508 e. The van der Waals surface area contributed by atoms with Crippen molar-refractivity contribution in [2.24, 2.45) is 0 Å². The van der Waals surface area contributed by atoms with E-state index in [1.165, 1.54) is 0 Å². The van der Waals surface area contributed by atoms with Crippen molar-refractivity contribution in [2.75, 3.05) is 13.2 Å². The molecule has 0 aliphatic carbocycles. The fourth-order valence-corrected chi connectivity index (χ4v) is 1.95. The summed E-state index contributed by atoms with van der Waals surface area (Å²) in [5.74, 6) is 0.197. The van der Waals surface area contributed by atoms with Gasteiger partial charge in [0, 0.05) is 32.5 Å². The third-order valence-electron chi connectivity index (χ3n) is 2.82. The Morgan fingerprint density at radius 3 is 2.73 bits per heavy atom. The summed E-state index contributed by atoms with van der Waals surface area (Å²) < 4.78 is 19.4. The maximum Gasteiger partial charge on any atom is 0.119 e. The average molecular weight is 210 g/mol. The minimum absolute atomic E-state index is 0.197. The molecule has 82 valence electrons. The molecule has 3 heteroatoms. The van der Waals surface area contributed by atoms with Crippen LogP contribution in [0.3, 0.4) is 0 Å². The zero-order chi connectivity index (χ0) is 10.7. The van der Waals surface area contributed by atoms with E-state index in [2.05, 4.69) is 0 Å². The van der Waals surface area contributed by atoms with Crippen molar-refractivity contribution in [3.63, 3.8) is 0 Å². The molecule has 2 rings (SSSR count). The Bertz CT molecular complexity index is 332. The van der Waals surface area contributed by atoms with Gasteiger partial charge in [0.1, 0.15) is 11.4 Å². The second kappa shape index (κ2) is 4.19. The first-order valence-electron chi connectivity index (χ1n) is 5.23. The van der Waals surface area contributed by atoms with E-state index in [1.807, 2.05) is 6.07 Å². The summed E-state index contributed by atoms with van der Waals surface area (Å²) in [5, 5.41) is 9.28. The quantitative estimate of drug-likeness (QED) is 0.812. The van der Waals surface area contributed by atoms with E-state index < -0.39 is 5.67 Å². The van der Waals surface area contributed by atoms with Gasteiger partial charge in [-0.15, -0.1) is 0 Å². The third kappa shape index (κ3) is 2.69. The van der Waals surface area contributed by atoms with E-state index in [9.17, 15) is 9.50 Å². The highest BCUT2D eigenvalue weighted by Gasteiger charge is 2.32. The van der Waals surface area contributed by atoms with Crippen LogP contribution in [0.2, 0.25) is 0 Å². The van der Waals surface area contributed by atoms with Crippen molar-refractivity contribution in [2.45, 2.75) is 24.9 Å². The highest BCUT2D eigenvalue weighted by molar-refractivity contribution is 5.28. The number of alkyl halides is 1. The molecular weight excluding hydrogens is 195 g/mol. The Morgan fingerprint density at radius 2 is 2.07 bits per heavy atom. The Kier molecular flexibility index (Phi) is 2.91. The second-order valence-corrected chi connectivity index (χ2v) is 4.11. The Balaban J connectivity index is 2.06. The van der Waals surface area contributed by atoms with Gasteiger partial charge in [-0.05, 0) is 17.7 Å². The maximum absolute atomic E-state index is 14.2. The zero-order valence-corrected chi connectivity index (χ0v) is 8.58. The number of phenols is 1. The van der Waals surface area contributed by atoms with Gasteiger partial charge >= 0.3 is 0 Å². The molecule has 1 aromatic rings. The molecule has 0 bridgehead atoms. The van der Waals surface area contributed by atoms with Crippen LogP contribution in [0, 0.1) is 0 Å². The second-order valence-electron chi connectivity index (χ2n) is 4.11. The lowest BCUT2D eigenvalue weighted by molar-refractivity contribution is -0.00816. The first-order valence-corrected chi connectivity index (χ1v) is 5.23. The summed E-state index contributed by atoms with van der Waals surface area (Å²) >= 11 is 0. The number of phenolic OH excluding ortho intramolecular Hbond substituents is 1. The molecule has 1 saturated heterocycles. The lowest BCUT2D eigenvalue weighted by Gasteiger charge is -2.29. The summed E-state index contributed by atoms with van der Waals surface area (Å²) in [6.07, 6.45) is 1.26. The molecule has 1 fully saturated rings. The molecule has 2 nitrogen and oxygen atoms in total. The molecule has 0 unspecified atom stereocenters. The first-order chi connectivity index (χ1) is 7.18. The summed E-state index contributed by atoms with van der Waals surface area (Å²) in [5.41, 5.74) is -0.314. The molecule has 15 heavy (non-hydrogen) atoms. The number of hydrogen-bond acceptors (Lipinski definition) is 2. The third-order valence-corrected chi connectivity index (χ3v) is 2.82. The molecular formula is C12H15FO2. The van der Waals surface area contributed by atoms with Gasteiger partial charge in [-0.2, -0.15) is 0 Å². The van der Waals surface area contributed by atoms with Gasteiger partial charge in [0.2, 0.25) is 0 Å². The number of benzene rings is 1. The molecule has 0 saturated carbocycles. The van der Waals surface area contributed by atoms with Crippen LogP contribution in [-0.4, -0.2) is 24.0 Å². The standard InChI is InChI=1S/C12H15FO2/c13-12(4-6-15-7-5-12)9-10-2-1-3-11(14)8-10/h1-3,8,14H,4-7,9H2. The zero-order valence-electron chi connectivity index (χ0n) is 8.58. The van der Waals surface area contributed by atoms with Crippen LogP contribution in [-0.2, 0) is 11.2 Å². The van der Waals surface area contributed by atoms with Crippen molar-refractivity contribution in [1.29, 1.82) is 0 Å². The highest BCUT2D eigenvalue weighted by atomic mass is 19.1. The van der Waals surface area contributed by atoms with E-state index in [0.717, 1.165) is 5.56 Å². The minimum atomic E-state index is -1.16. The van der Waals surface area contributed by atoms with Gasteiger partial charge in [-0.25, -0.2) is 4.39 Å². The van der Waals surface area contributed by atoms with Gasteiger partial charge in [-0.1, -0.05) is 12.1 Å². The molecule has 0 spiro atoms. The lowest BCUT2D eigenvalue weighted by atomic mass is 9.89. The Morgan fingerprint density at radius 1 is 1.33 bits per heavy atom. The normalized spacial score (nSPS) is 20.1. The number of aromatic hydroxyl groups is 1.